The number of rotatable bonds is 0. The van der Waals surface area contributed by atoms with Crippen molar-refractivity contribution < 1.29 is 47.6 Å². The minimum absolute atomic E-state index is 0. The fraction of sp³-hybridized carbons (Fsp3) is 0. The van der Waals surface area contributed by atoms with Crippen LogP contribution < -0.4 is 37.2 Å². The smallest absolute Gasteiger partial charge is 1.00 e. The standard InChI is InChI=1S/ClI.3ClH.HIO.H2O/c1-2;;;;1-2;/h;3*1H;2H;1H2/p-1. The third-order valence-electron chi connectivity index (χ3n) is 0. The monoisotopic (exact) mass is 431 g/mol. The van der Waals surface area contributed by atoms with Crippen LogP contribution in [0.3, 0.4) is 0 Å². The molecular weight excluding hydrogens is 428 g/mol. The van der Waals surface area contributed by atoms with Gasteiger partial charge in [-0.1, -0.05) is 0 Å². The zero-order chi connectivity index (χ0) is 4.00. The van der Waals surface area contributed by atoms with Crippen LogP contribution in [0.15, 0.2) is 0 Å². The van der Waals surface area contributed by atoms with E-state index in [0.717, 1.165) is 23.0 Å². The highest BCUT2D eigenvalue weighted by molar-refractivity contribution is 14.1. The normalized spacial score (nSPS) is 1.50. The maximum atomic E-state index is 6.97. The molecule has 0 atom stereocenters. The number of halogens is 6. The Morgan fingerprint density at radius 3 is 1.00 bits per heavy atom. The second kappa shape index (κ2) is 108. The van der Waals surface area contributed by atoms with Crippen molar-refractivity contribution >= 4 is 53.4 Å². The summed E-state index contributed by atoms with van der Waals surface area (Å²) in [6.45, 7) is 0. The van der Waals surface area contributed by atoms with Gasteiger partial charge < -0.3 is 46.1 Å². The first-order valence-corrected chi connectivity index (χ1v) is 4.01. The number of hydrogen-bond acceptors (Lipinski definition) is 1. The molecule has 0 saturated carbocycles. The molecule has 0 aliphatic rings. The van der Waals surface area contributed by atoms with E-state index in [1.54, 1.807) is 21.5 Å². The lowest BCUT2D eigenvalue weighted by molar-refractivity contribution is -0.00100. The molecule has 0 bridgehead atoms. The lowest BCUT2D eigenvalue weighted by Gasteiger charge is -1.14. The van der Waals surface area contributed by atoms with Gasteiger partial charge in [-0.25, -0.2) is 0 Å². The molecular formula is H5Cl4I2O2-. The van der Waals surface area contributed by atoms with Crippen molar-refractivity contribution in [1.29, 1.82) is 0 Å². The van der Waals surface area contributed by atoms with Crippen molar-refractivity contribution in [3.8, 4) is 0 Å². The highest BCUT2D eigenvalue weighted by atomic mass is 127. The van der Waals surface area contributed by atoms with Gasteiger partial charge in [0.15, 0.2) is 0 Å². The van der Waals surface area contributed by atoms with Crippen molar-refractivity contribution in [3.63, 3.8) is 0 Å². The topological polar surface area (TPSA) is 53.2 Å². The Hall–Kier alpha value is 2.54. The zero-order valence-electron chi connectivity index (χ0n) is 4.29. The van der Waals surface area contributed by atoms with Crippen molar-refractivity contribution in [2.45, 2.75) is 0 Å². The highest BCUT2D eigenvalue weighted by Gasteiger charge is 1.00. The van der Waals surface area contributed by atoms with E-state index in [0.29, 0.717) is 0 Å². The molecule has 0 aromatic heterocycles. The fourth-order valence-corrected chi connectivity index (χ4v) is 0. The van der Waals surface area contributed by atoms with Gasteiger partial charge in [0, 0.05) is 21.5 Å². The lowest BCUT2D eigenvalue weighted by atomic mass is 16.0. The third kappa shape index (κ3) is 75.3. The number of hydrogen-bond donors (Lipinski definition) is 1. The first-order chi connectivity index (χ1) is 2.00. The molecule has 4 N–H and O–H groups in total. The molecule has 0 aromatic rings. The first kappa shape index (κ1) is 46.5. The van der Waals surface area contributed by atoms with Crippen LogP contribution in [0.25, 0.3) is 0 Å². The maximum Gasteiger partial charge on any atom is 1.00 e. The summed E-state index contributed by atoms with van der Waals surface area (Å²) in [6, 6.07) is 0. The van der Waals surface area contributed by atoms with E-state index in [9.17, 15) is 0 Å². The molecule has 0 heterocycles. The van der Waals surface area contributed by atoms with Gasteiger partial charge in [0.2, 0.25) is 0 Å². The Bertz CT molecular complexity index is 16.5. The summed E-state index contributed by atoms with van der Waals surface area (Å²) in [5.74, 6) is 0. The summed E-state index contributed by atoms with van der Waals surface area (Å²) in [7, 11) is 4.61. The third-order valence-corrected chi connectivity index (χ3v) is 0. The Morgan fingerprint density at radius 1 is 1.00 bits per heavy atom. The quantitative estimate of drug-likeness (QED) is 0.300. The van der Waals surface area contributed by atoms with Gasteiger partial charge in [-0.3, -0.25) is 0 Å². The molecule has 0 fully saturated rings. The zero-order valence-corrected chi connectivity index (χ0v) is 10.6. The molecule has 0 unspecified atom stereocenters. The van der Waals surface area contributed by atoms with Gasteiger partial charge in [-0.05, 0) is 8.91 Å². The van der Waals surface area contributed by atoms with Crippen LogP contribution in [0.2, 0.25) is 0 Å². The minimum Gasteiger partial charge on any atom is -1.00 e. The van der Waals surface area contributed by atoms with Gasteiger partial charge in [0.1, 0.15) is 23.0 Å². The van der Waals surface area contributed by atoms with Crippen LogP contribution in [0.5, 0.6) is 0 Å². The van der Waals surface area contributed by atoms with E-state index in [4.69, 9.17) is 3.44 Å². The second-order valence-corrected chi connectivity index (χ2v) is 0. The molecule has 8 heavy (non-hydrogen) atoms. The predicted molar refractivity (Wildman–Crippen MR) is 42.1 cm³/mol. The van der Waals surface area contributed by atoms with Crippen molar-refractivity contribution in [1.82, 2.24) is 0 Å². The van der Waals surface area contributed by atoms with Crippen molar-refractivity contribution in [3.05, 3.63) is 0 Å². The summed E-state index contributed by atoms with van der Waals surface area (Å²) in [5.41, 5.74) is 0. The van der Waals surface area contributed by atoms with Crippen LogP contribution >= 0.6 is 53.4 Å². The molecule has 60 valence electrons. The molecule has 0 aliphatic heterocycles. The van der Waals surface area contributed by atoms with E-state index in [2.05, 4.69) is 8.91 Å². The Kier molecular flexibility index (Phi) is 627. The SMILES string of the molecule is ClI.OI.[Cl-].[Cl-].[Cl-].[H+].[OH3+]. The van der Waals surface area contributed by atoms with E-state index in [1.165, 1.54) is 0 Å². The van der Waals surface area contributed by atoms with Crippen LogP contribution in [0.4, 0.5) is 0 Å². The average molecular weight is 433 g/mol. The van der Waals surface area contributed by atoms with E-state index in [-0.39, 0.29) is 44.1 Å². The highest BCUT2D eigenvalue weighted by Crippen LogP contribution is 1.79. The van der Waals surface area contributed by atoms with Gasteiger partial charge in [0.05, 0.1) is 0 Å². The van der Waals surface area contributed by atoms with Gasteiger partial charge in [-0.15, -0.1) is 0 Å². The van der Waals surface area contributed by atoms with E-state index in [1.807, 2.05) is 0 Å². The van der Waals surface area contributed by atoms with Gasteiger partial charge in [-0.2, -0.15) is 0 Å². The minimum atomic E-state index is 0. The molecule has 0 radical (unpaired) electrons. The van der Waals surface area contributed by atoms with E-state index < -0.39 is 0 Å². The van der Waals surface area contributed by atoms with Crippen molar-refractivity contribution in [2.75, 3.05) is 0 Å². The summed E-state index contributed by atoms with van der Waals surface area (Å²) < 4.78 is 6.97. The molecule has 0 saturated heterocycles. The summed E-state index contributed by atoms with van der Waals surface area (Å²) >= 11 is 2.77. The van der Waals surface area contributed by atoms with Gasteiger partial charge >= 0.3 is 1.43 Å². The van der Waals surface area contributed by atoms with Crippen LogP contribution in [-0.2, 0) is 5.48 Å². The lowest BCUT2D eigenvalue weighted by Crippen LogP contribution is -3.00. The molecule has 2 nitrogen and oxygen atoms in total. The first-order valence-electron chi connectivity index (χ1n) is 0.312. The summed E-state index contributed by atoms with van der Waals surface area (Å²) in [4.78, 5) is 0. The maximum absolute atomic E-state index is 6.97. The Balaban J connectivity index is -0.00000000114. The molecule has 0 aliphatic carbocycles. The van der Waals surface area contributed by atoms with Crippen LogP contribution in [0, 0.1) is 0 Å². The van der Waals surface area contributed by atoms with E-state index >= 15 is 0 Å². The average Bonchev–Trinajstić information content (AvgIpc) is 1.50. The molecule has 0 rings (SSSR count). The van der Waals surface area contributed by atoms with Gasteiger partial charge in [0.25, 0.3) is 0 Å². The Morgan fingerprint density at radius 2 is 1.00 bits per heavy atom. The molecule has 0 amide bonds. The van der Waals surface area contributed by atoms with Crippen LogP contribution in [0.1, 0.15) is 1.43 Å². The largest absolute Gasteiger partial charge is 1.00 e. The Labute approximate surface area is 99.7 Å². The second-order valence-electron chi connectivity index (χ2n) is 0. The predicted octanol–water partition coefficient (Wildman–Crippen LogP) is -7.89. The summed E-state index contributed by atoms with van der Waals surface area (Å²) in [5, 5.41) is 0. The fourth-order valence-electron chi connectivity index (χ4n) is 0. The van der Waals surface area contributed by atoms with Crippen LogP contribution in [-0.4, -0.2) is 3.44 Å². The molecule has 0 spiro atoms. The van der Waals surface area contributed by atoms with Crippen molar-refractivity contribution in [2.24, 2.45) is 0 Å². The molecule has 0 aromatic carbocycles. The summed E-state index contributed by atoms with van der Waals surface area (Å²) in [6.07, 6.45) is 0. The molecule has 8 heteroatoms.